The molecule has 2 N–H and O–H groups in total. The molecule has 1 aromatic carbocycles. The Hall–Kier alpha value is -2.39. The lowest BCUT2D eigenvalue weighted by atomic mass is 10.0. The van der Waals surface area contributed by atoms with Gasteiger partial charge in [-0.15, -0.1) is 0 Å². The van der Waals surface area contributed by atoms with Crippen LogP contribution in [0.2, 0.25) is 5.02 Å². The second-order valence-electron chi connectivity index (χ2n) is 6.80. The molecule has 1 aliphatic heterocycles. The first kappa shape index (κ1) is 21.3. The van der Waals surface area contributed by atoms with Crippen molar-refractivity contribution in [2.24, 2.45) is 5.92 Å². The van der Waals surface area contributed by atoms with E-state index < -0.39 is 23.3 Å². The molecule has 1 fully saturated rings. The Morgan fingerprint density at radius 1 is 1.31 bits per heavy atom. The number of halogens is 4. The number of carbonyl (C=O) groups excluding carboxylic acids is 1. The van der Waals surface area contributed by atoms with Gasteiger partial charge in [0, 0.05) is 36.7 Å². The Morgan fingerprint density at radius 3 is 2.72 bits per heavy atom. The van der Waals surface area contributed by atoms with Crippen molar-refractivity contribution >= 4 is 29.1 Å². The first-order valence-electron chi connectivity index (χ1n) is 9.07. The number of nitrogens with zero attached hydrogens (tertiary/aromatic N) is 2. The van der Waals surface area contributed by atoms with Crippen molar-refractivity contribution in [1.82, 2.24) is 15.3 Å². The van der Waals surface area contributed by atoms with Crippen molar-refractivity contribution in [3.05, 3.63) is 46.2 Å². The molecule has 29 heavy (non-hydrogen) atoms. The summed E-state index contributed by atoms with van der Waals surface area (Å²) >= 11 is 5.93. The average molecular weight is 429 g/mol. The van der Waals surface area contributed by atoms with E-state index in [4.69, 9.17) is 16.3 Å². The van der Waals surface area contributed by atoms with E-state index in [2.05, 4.69) is 20.6 Å². The molecule has 1 aromatic heterocycles. The van der Waals surface area contributed by atoms with Crippen LogP contribution in [0.1, 0.15) is 34.5 Å². The Bertz CT molecular complexity index is 886. The second-order valence-corrected chi connectivity index (χ2v) is 7.24. The molecule has 10 heteroatoms. The summed E-state index contributed by atoms with van der Waals surface area (Å²) in [6.07, 6.45) is -2.42. The molecule has 0 bridgehead atoms. The fourth-order valence-electron chi connectivity index (χ4n) is 2.96. The number of nitrogens with one attached hydrogen (secondary N) is 2. The van der Waals surface area contributed by atoms with Crippen LogP contribution in [0.25, 0.3) is 0 Å². The van der Waals surface area contributed by atoms with Crippen LogP contribution in [0, 0.1) is 12.8 Å². The molecule has 1 amide bonds. The summed E-state index contributed by atoms with van der Waals surface area (Å²) in [7, 11) is 0. The predicted octanol–water partition coefficient (Wildman–Crippen LogP) is 4.36. The maximum atomic E-state index is 13.5. The lowest BCUT2D eigenvalue weighted by molar-refractivity contribution is -0.141. The van der Waals surface area contributed by atoms with Crippen LogP contribution < -0.4 is 10.6 Å². The van der Waals surface area contributed by atoms with E-state index in [1.54, 1.807) is 25.1 Å². The van der Waals surface area contributed by atoms with Crippen molar-refractivity contribution < 1.29 is 22.7 Å². The fraction of sp³-hybridized carbons (Fsp3) is 0.421. The quantitative estimate of drug-likeness (QED) is 0.740. The van der Waals surface area contributed by atoms with Gasteiger partial charge < -0.3 is 15.4 Å². The summed E-state index contributed by atoms with van der Waals surface area (Å²) in [5, 5.41) is 5.69. The number of hydrogen-bond acceptors (Lipinski definition) is 5. The first-order chi connectivity index (χ1) is 13.7. The van der Waals surface area contributed by atoms with Crippen LogP contribution in [-0.2, 0) is 10.9 Å². The zero-order valence-electron chi connectivity index (χ0n) is 15.6. The van der Waals surface area contributed by atoms with Gasteiger partial charge in [-0.05, 0) is 43.4 Å². The Morgan fingerprint density at radius 2 is 2.03 bits per heavy atom. The number of carbonyl (C=O) groups is 1. The zero-order chi connectivity index (χ0) is 21.0. The topological polar surface area (TPSA) is 76.1 Å². The molecule has 0 unspecified atom stereocenters. The molecule has 0 atom stereocenters. The molecule has 0 spiro atoms. The smallest absolute Gasteiger partial charge is 0.381 e. The van der Waals surface area contributed by atoms with Gasteiger partial charge in [-0.2, -0.15) is 13.2 Å². The van der Waals surface area contributed by atoms with E-state index in [0.29, 0.717) is 23.9 Å². The summed E-state index contributed by atoms with van der Waals surface area (Å²) in [5.74, 6) is -0.951. The van der Waals surface area contributed by atoms with Crippen LogP contribution in [0.15, 0.2) is 24.4 Å². The van der Waals surface area contributed by atoms with Crippen LogP contribution >= 0.6 is 11.6 Å². The lowest BCUT2D eigenvalue weighted by Crippen LogP contribution is -2.33. The van der Waals surface area contributed by atoms with E-state index in [0.717, 1.165) is 24.6 Å². The molecule has 0 saturated carbocycles. The number of aryl methyl sites for hydroxylation is 1. The summed E-state index contributed by atoms with van der Waals surface area (Å²) in [5.41, 5.74) is -0.677. The monoisotopic (exact) mass is 428 g/mol. The number of benzene rings is 1. The Labute approximate surface area is 170 Å². The maximum absolute atomic E-state index is 13.5. The maximum Gasteiger partial charge on any atom is 0.434 e. The van der Waals surface area contributed by atoms with Gasteiger partial charge in [-0.1, -0.05) is 17.7 Å². The van der Waals surface area contributed by atoms with Gasteiger partial charge in [0.25, 0.3) is 5.91 Å². The van der Waals surface area contributed by atoms with E-state index in [1.165, 1.54) is 0 Å². The van der Waals surface area contributed by atoms with E-state index in [9.17, 15) is 18.0 Å². The SMILES string of the molecule is Cc1ccc(Cl)cc1Nc1ncc(C(=O)NCC2CCOCC2)c(C(F)(F)F)n1. The molecule has 156 valence electrons. The highest BCUT2D eigenvalue weighted by molar-refractivity contribution is 6.30. The van der Waals surface area contributed by atoms with Crippen LogP contribution in [0.4, 0.5) is 24.8 Å². The third-order valence-electron chi connectivity index (χ3n) is 4.64. The second kappa shape index (κ2) is 8.96. The van der Waals surface area contributed by atoms with E-state index in [-0.39, 0.29) is 18.4 Å². The van der Waals surface area contributed by atoms with Gasteiger partial charge in [0.1, 0.15) is 0 Å². The highest BCUT2D eigenvalue weighted by Crippen LogP contribution is 2.32. The third-order valence-corrected chi connectivity index (χ3v) is 4.88. The summed E-state index contributed by atoms with van der Waals surface area (Å²) in [4.78, 5) is 19.8. The third kappa shape index (κ3) is 5.57. The molecule has 0 radical (unpaired) electrons. The van der Waals surface area contributed by atoms with Crippen molar-refractivity contribution in [2.75, 3.05) is 25.1 Å². The summed E-state index contributed by atoms with van der Waals surface area (Å²) in [6, 6.07) is 4.94. The number of hydrogen-bond donors (Lipinski definition) is 2. The van der Waals surface area contributed by atoms with Crippen molar-refractivity contribution in [1.29, 1.82) is 0 Å². The lowest BCUT2D eigenvalue weighted by Gasteiger charge is -2.22. The van der Waals surface area contributed by atoms with Gasteiger partial charge in [0.15, 0.2) is 5.69 Å². The number of ether oxygens (including phenoxy) is 1. The highest BCUT2D eigenvalue weighted by atomic mass is 35.5. The highest BCUT2D eigenvalue weighted by Gasteiger charge is 2.38. The standard InChI is InChI=1S/C19H20ClF3N4O2/c1-11-2-3-13(20)8-15(11)26-18-25-10-14(16(27-18)19(21,22)23)17(28)24-9-12-4-6-29-7-5-12/h2-3,8,10,12H,4-7,9H2,1H3,(H,24,28)(H,25,26,27). The van der Waals surface area contributed by atoms with Gasteiger partial charge in [0.2, 0.25) is 5.95 Å². The van der Waals surface area contributed by atoms with Crippen LogP contribution in [0.3, 0.4) is 0 Å². The summed E-state index contributed by atoms with van der Waals surface area (Å²) in [6.45, 7) is 3.21. The molecular weight excluding hydrogens is 409 g/mol. The minimum Gasteiger partial charge on any atom is -0.381 e. The molecule has 2 aromatic rings. The molecule has 3 rings (SSSR count). The average Bonchev–Trinajstić information content (AvgIpc) is 2.69. The summed E-state index contributed by atoms with van der Waals surface area (Å²) < 4.78 is 45.8. The molecule has 0 aliphatic carbocycles. The molecular formula is C19H20ClF3N4O2. The van der Waals surface area contributed by atoms with E-state index in [1.807, 2.05) is 0 Å². The molecule has 1 aliphatic rings. The number of amides is 1. The number of anilines is 2. The Balaban J connectivity index is 1.80. The normalized spacial score (nSPS) is 15.2. The predicted molar refractivity (Wildman–Crippen MR) is 102 cm³/mol. The fourth-order valence-corrected chi connectivity index (χ4v) is 3.13. The minimum atomic E-state index is -4.81. The van der Waals surface area contributed by atoms with Crippen molar-refractivity contribution in [3.8, 4) is 0 Å². The zero-order valence-corrected chi connectivity index (χ0v) is 16.4. The molecule has 2 heterocycles. The molecule has 6 nitrogen and oxygen atoms in total. The largest absolute Gasteiger partial charge is 0.434 e. The molecule has 1 saturated heterocycles. The van der Waals surface area contributed by atoms with Crippen molar-refractivity contribution in [2.45, 2.75) is 25.9 Å². The van der Waals surface area contributed by atoms with E-state index >= 15 is 0 Å². The van der Waals surface area contributed by atoms with Gasteiger partial charge in [-0.25, -0.2) is 9.97 Å². The minimum absolute atomic E-state index is 0.176. The van der Waals surface area contributed by atoms with Crippen molar-refractivity contribution in [3.63, 3.8) is 0 Å². The van der Waals surface area contributed by atoms with Gasteiger partial charge in [-0.3, -0.25) is 4.79 Å². The van der Waals surface area contributed by atoms with Gasteiger partial charge in [0.05, 0.1) is 5.56 Å². The number of alkyl halides is 3. The van der Waals surface area contributed by atoms with Crippen LogP contribution in [0.5, 0.6) is 0 Å². The Kier molecular flexibility index (Phi) is 6.59. The van der Waals surface area contributed by atoms with Crippen LogP contribution in [-0.4, -0.2) is 35.6 Å². The number of aromatic nitrogens is 2. The first-order valence-corrected chi connectivity index (χ1v) is 9.45. The number of rotatable bonds is 5. The van der Waals surface area contributed by atoms with Gasteiger partial charge >= 0.3 is 6.18 Å².